The Labute approximate surface area is 178 Å². The van der Waals surface area contributed by atoms with Crippen molar-refractivity contribution in [2.75, 3.05) is 26.2 Å². The third-order valence-electron chi connectivity index (χ3n) is 6.44. The molecule has 0 amide bonds. The van der Waals surface area contributed by atoms with Gasteiger partial charge in [-0.15, -0.1) is 0 Å². The van der Waals surface area contributed by atoms with Crippen LogP contribution in [0, 0.1) is 0 Å². The molecule has 2 aliphatic heterocycles. The minimum Gasteiger partial charge on any atom is -0.478 e. The van der Waals surface area contributed by atoms with Crippen molar-refractivity contribution in [3.05, 3.63) is 40.3 Å². The van der Waals surface area contributed by atoms with E-state index in [2.05, 4.69) is 14.9 Å². The topological polar surface area (TPSA) is 127 Å². The summed E-state index contributed by atoms with van der Waals surface area (Å²) < 4.78 is 28.7. The van der Waals surface area contributed by atoms with Crippen LogP contribution in [0.4, 0.5) is 0 Å². The molecule has 0 unspecified atom stereocenters. The molecular weight excluding hydrogens is 420 g/mol. The molecule has 0 bridgehead atoms. The summed E-state index contributed by atoms with van der Waals surface area (Å²) in [5.41, 5.74) is 0.00526. The summed E-state index contributed by atoms with van der Waals surface area (Å²) in [6.07, 6.45) is 5.23. The molecule has 9 nitrogen and oxygen atoms in total. The number of pyridine rings is 1. The molecule has 1 atom stereocenters. The van der Waals surface area contributed by atoms with Gasteiger partial charge in [0.15, 0.2) is 0 Å². The first kappa shape index (κ1) is 20.2. The van der Waals surface area contributed by atoms with Crippen LogP contribution in [-0.4, -0.2) is 70.9 Å². The maximum absolute atomic E-state index is 13.5. The van der Waals surface area contributed by atoms with Gasteiger partial charge >= 0.3 is 5.97 Å². The molecular formula is C21H24N4O5S. The minimum atomic E-state index is -3.76. The summed E-state index contributed by atoms with van der Waals surface area (Å²) in [6.45, 7) is 3.24. The normalized spacial score (nSPS) is 20.8. The van der Waals surface area contributed by atoms with Crippen LogP contribution in [0.3, 0.4) is 0 Å². The highest BCUT2D eigenvalue weighted by atomic mass is 32.2. The van der Waals surface area contributed by atoms with E-state index in [0.29, 0.717) is 17.4 Å². The minimum absolute atomic E-state index is 0.0590. The molecule has 0 aliphatic carbocycles. The molecule has 4 heterocycles. The fourth-order valence-electron chi connectivity index (χ4n) is 4.94. The van der Waals surface area contributed by atoms with E-state index >= 15 is 0 Å². The molecule has 2 aromatic heterocycles. The Bertz CT molecular complexity index is 1340. The van der Waals surface area contributed by atoms with Crippen molar-refractivity contribution in [3.8, 4) is 0 Å². The number of hydrogen-bond acceptors (Lipinski definition) is 5. The van der Waals surface area contributed by atoms with E-state index in [-0.39, 0.29) is 27.4 Å². The van der Waals surface area contributed by atoms with Crippen LogP contribution in [0.1, 0.15) is 36.0 Å². The number of sulfonamides is 1. The predicted octanol–water partition coefficient (Wildman–Crippen LogP) is 1.96. The smallest absolute Gasteiger partial charge is 0.337 e. The second-order valence-electron chi connectivity index (χ2n) is 8.34. The summed E-state index contributed by atoms with van der Waals surface area (Å²) in [7, 11) is -3.76. The lowest BCUT2D eigenvalue weighted by atomic mass is 10.1. The van der Waals surface area contributed by atoms with Crippen LogP contribution in [0.5, 0.6) is 0 Å². The Morgan fingerprint density at radius 2 is 1.94 bits per heavy atom. The second kappa shape index (κ2) is 7.47. The van der Waals surface area contributed by atoms with Crippen molar-refractivity contribution < 1.29 is 18.3 Å². The molecule has 0 saturated carbocycles. The number of aromatic nitrogens is 2. The average Bonchev–Trinajstić information content (AvgIpc) is 3.49. The lowest BCUT2D eigenvalue weighted by Gasteiger charge is -2.28. The zero-order valence-corrected chi connectivity index (χ0v) is 17.7. The van der Waals surface area contributed by atoms with E-state index in [1.807, 2.05) is 0 Å². The van der Waals surface area contributed by atoms with Gasteiger partial charge in [-0.3, -0.25) is 4.79 Å². The number of nitrogens with zero attached hydrogens (tertiary/aromatic N) is 2. The van der Waals surface area contributed by atoms with Crippen molar-refractivity contribution in [1.29, 1.82) is 0 Å². The van der Waals surface area contributed by atoms with Gasteiger partial charge in [-0.05, 0) is 57.0 Å². The molecule has 5 rings (SSSR count). The maximum atomic E-state index is 13.5. The predicted molar refractivity (Wildman–Crippen MR) is 116 cm³/mol. The average molecular weight is 445 g/mol. The molecule has 2 saturated heterocycles. The largest absolute Gasteiger partial charge is 0.478 e. The number of carboxylic acids is 1. The summed E-state index contributed by atoms with van der Waals surface area (Å²) in [4.78, 5) is 31.8. The van der Waals surface area contributed by atoms with Crippen molar-refractivity contribution in [3.63, 3.8) is 0 Å². The molecule has 3 N–H and O–H groups in total. The summed E-state index contributed by atoms with van der Waals surface area (Å²) in [5.74, 6) is -1.18. The number of carboxylic acid groups (broad SMARTS) is 1. The number of H-pyrrole nitrogens is 2. The number of aromatic carboxylic acids is 1. The first-order valence-electron chi connectivity index (χ1n) is 10.5. The molecule has 10 heteroatoms. The summed E-state index contributed by atoms with van der Waals surface area (Å²) in [5, 5.41) is 10.1. The van der Waals surface area contributed by atoms with E-state index in [9.17, 15) is 23.1 Å². The van der Waals surface area contributed by atoms with Crippen LogP contribution in [-0.2, 0) is 10.0 Å². The number of benzene rings is 1. The summed E-state index contributed by atoms with van der Waals surface area (Å²) >= 11 is 0. The van der Waals surface area contributed by atoms with Crippen LogP contribution >= 0.6 is 0 Å². The number of nitrogens with one attached hydrogen (secondary N) is 2. The van der Waals surface area contributed by atoms with Gasteiger partial charge in [0, 0.05) is 41.6 Å². The van der Waals surface area contributed by atoms with E-state index in [1.54, 1.807) is 4.31 Å². The lowest BCUT2D eigenvalue weighted by molar-refractivity contribution is 0.0699. The Morgan fingerprint density at radius 3 is 2.68 bits per heavy atom. The third kappa shape index (κ3) is 3.35. The molecule has 31 heavy (non-hydrogen) atoms. The Kier molecular flexibility index (Phi) is 4.87. The second-order valence-corrected chi connectivity index (χ2v) is 10.2. The van der Waals surface area contributed by atoms with Crippen molar-refractivity contribution in [2.24, 2.45) is 0 Å². The molecule has 2 fully saturated rings. The van der Waals surface area contributed by atoms with Gasteiger partial charge in [0.25, 0.3) is 5.56 Å². The zero-order chi connectivity index (χ0) is 21.8. The van der Waals surface area contributed by atoms with Gasteiger partial charge < -0.3 is 20.0 Å². The molecule has 2 aliphatic rings. The zero-order valence-electron chi connectivity index (χ0n) is 16.9. The molecule has 164 valence electrons. The van der Waals surface area contributed by atoms with Gasteiger partial charge in [-0.25, -0.2) is 13.2 Å². The van der Waals surface area contributed by atoms with Gasteiger partial charge in [0.2, 0.25) is 10.0 Å². The SMILES string of the molecule is O=C(O)c1c[nH]c2c(=O)[nH]c3ccc(S(=O)(=O)N4CCC[C@H]4CN4CCCC4)cc3c12. The number of fused-ring (bicyclic) bond motifs is 3. The first-order chi connectivity index (χ1) is 14.9. The van der Waals surface area contributed by atoms with Crippen LogP contribution in [0.25, 0.3) is 21.8 Å². The highest BCUT2D eigenvalue weighted by molar-refractivity contribution is 7.89. The van der Waals surface area contributed by atoms with Crippen molar-refractivity contribution >= 4 is 37.8 Å². The number of carbonyl (C=O) groups is 1. The first-order valence-corrected chi connectivity index (χ1v) is 11.9. The van der Waals surface area contributed by atoms with Crippen LogP contribution in [0.15, 0.2) is 34.1 Å². The van der Waals surface area contributed by atoms with E-state index in [4.69, 9.17) is 0 Å². The van der Waals surface area contributed by atoms with E-state index in [1.165, 1.54) is 24.4 Å². The molecule has 0 radical (unpaired) electrons. The Morgan fingerprint density at radius 1 is 1.16 bits per heavy atom. The van der Waals surface area contributed by atoms with E-state index in [0.717, 1.165) is 45.3 Å². The van der Waals surface area contributed by atoms with Crippen LogP contribution < -0.4 is 5.56 Å². The Hall–Kier alpha value is -2.69. The van der Waals surface area contributed by atoms with Gasteiger partial charge in [0.1, 0.15) is 5.52 Å². The number of rotatable bonds is 5. The van der Waals surface area contributed by atoms with Gasteiger partial charge in [-0.1, -0.05) is 0 Å². The molecule has 3 aromatic rings. The van der Waals surface area contributed by atoms with Crippen molar-refractivity contribution in [1.82, 2.24) is 19.2 Å². The maximum Gasteiger partial charge on any atom is 0.337 e. The quantitative estimate of drug-likeness (QED) is 0.552. The van der Waals surface area contributed by atoms with E-state index < -0.39 is 21.6 Å². The third-order valence-corrected chi connectivity index (χ3v) is 8.39. The fraction of sp³-hybridized carbons (Fsp3) is 0.429. The molecule has 1 aromatic carbocycles. The summed E-state index contributed by atoms with van der Waals surface area (Å²) in [6, 6.07) is 4.44. The number of likely N-dealkylation sites (tertiary alicyclic amines) is 1. The lowest BCUT2D eigenvalue weighted by Crippen LogP contribution is -2.42. The number of aromatic amines is 2. The number of hydrogen-bond donors (Lipinski definition) is 3. The van der Waals surface area contributed by atoms with Crippen LogP contribution in [0.2, 0.25) is 0 Å². The standard InChI is InChI=1S/C21H24N4O5S/c26-20-19-18(16(11-22-19)21(27)28)15-10-14(5-6-17(15)23-20)31(29,30)25-9-3-4-13(25)12-24-7-1-2-8-24/h5-6,10-11,13,22H,1-4,7-9,12H2,(H,23,26)(H,27,28)/t13-/m0/s1. The van der Waals surface area contributed by atoms with Crippen molar-refractivity contribution in [2.45, 2.75) is 36.6 Å². The monoisotopic (exact) mass is 444 g/mol. The highest BCUT2D eigenvalue weighted by Gasteiger charge is 2.36. The highest BCUT2D eigenvalue weighted by Crippen LogP contribution is 2.31. The fourth-order valence-corrected chi connectivity index (χ4v) is 6.65. The van der Waals surface area contributed by atoms with Gasteiger partial charge in [-0.2, -0.15) is 4.31 Å². The van der Waals surface area contributed by atoms with Gasteiger partial charge in [0.05, 0.1) is 10.5 Å². The Balaban J connectivity index is 1.60. The molecule has 0 spiro atoms.